The molecular formula is C10H14O4. The molecule has 0 amide bonds. The fourth-order valence-corrected chi connectivity index (χ4v) is 3.10. The predicted molar refractivity (Wildman–Crippen MR) is 47.8 cm³/mol. The van der Waals surface area contributed by atoms with Gasteiger partial charge in [-0.1, -0.05) is 12.8 Å². The minimum absolute atomic E-state index is 0.150. The van der Waals surface area contributed by atoms with Crippen molar-refractivity contribution in [2.75, 3.05) is 0 Å². The SMILES string of the molecule is O=C(O)C1(C(=O)O)CC2CCC1CC2. The number of aliphatic carboxylic acids is 2. The van der Waals surface area contributed by atoms with E-state index < -0.39 is 17.4 Å². The molecule has 78 valence electrons. The maximum absolute atomic E-state index is 11.1. The molecule has 0 aromatic carbocycles. The van der Waals surface area contributed by atoms with Crippen LogP contribution in [-0.4, -0.2) is 22.2 Å². The van der Waals surface area contributed by atoms with E-state index in [9.17, 15) is 9.59 Å². The topological polar surface area (TPSA) is 74.6 Å². The van der Waals surface area contributed by atoms with E-state index >= 15 is 0 Å². The van der Waals surface area contributed by atoms with E-state index in [4.69, 9.17) is 10.2 Å². The van der Waals surface area contributed by atoms with E-state index in [-0.39, 0.29) is 5.92 Å². The molecule has 3 fully saturated rings. The molecule has 0 aromatic heterocycles. The molecule has 0 aliphatic heterocycles. The Morgan fingerprint density at radius 2 is 1.50 bits per heavy atom. The third-order valence-electron chi connectivity index (χ3n) is 3.92. The van der Waals surface area contributed by atoms with Gasteiger partial charge in [-0.2, -0.15) is 0 Å². The third-order valence-corrected chi connectivity index (χ3v) is 3.92. The van der Waals surface area contributed by atoms with Crippen LogP contribution in [-0.2, 0) is 9.59 Å². The Labute approximate surface area is 81.9 Å². The predicted octanol–water partition coefficient (Wildman–Crippen LogP) is 1.35. The number of carbonyl (C=O) groups is 2. The minimum Gasteiger partial charge on any atom is -0.480 e. The number of rotatable bonds is 2. The lowest BCUT2D eigenvalue weighted by Gasteiger charge is -2.46. The number of hydrogen-bond acceptors (Lipinski definition) is 2. The molecule has 3 aliphatic carbocycles. The monoisotopic (exact) mass is 198 g/mol. The molecular weight excluding hydrogens is 184 g/mol. The van der Waals surface area contributed by atoms with Gasteiger partial charge in [0.1, 0.15) is 0 Å². The standard InChI is InChI=1S/C10H14O4/c11-8(12)10(9(13)14)5-6-1-3-7(10)4-2-6/h6-7H,1-5H2,(H,11,12)(H,13,14). The van der Waals surface area contributed by atoms with E-state index in [1.54, 1.807) is 0 Å². The number of hydrogen-bond donors (Lipinski definition) is 2. The summed E-state index contributed by atoms with van der Waals surface area (Å²) in [5, 5.41) is 18.2. The summed E-state index contributed by atoms with van der Waals surface area (Å²) in [7, 11) is 0. The van der Waals surface area contributed by atoms with Crippen LogP contribution in [0.15, 0.2) is 0 Å². The summed E-state index contributed by atoms with van der Waals surface area (Å²) >= 11 is 0. The molecule has 4 nitrogen and oxygen atoms in total. The van der Waals surface area contributed by atoms with Crippen molar-refractivity contribution >= 4 is 11.9 Å². The van der Waals surface area contributed by atoms with Gasteiger partial charge in [0, 0.05) is 0 Å². The van der Waals surface area contributed by atoms with Crippen LogP contribution in [0.1, 0.15) is 32.1 Å². The highest BCUT2D eigenvalue weighted by Gasteiger charge is 2.58. The van der Waals surface area contributed by atoms with Crippen molar-refractivity contribution in [3.8, 4) is 0 Å². The number of carboxylic acids is 2. The molecule has 3 rings (SSSR count). The zero-order valence-electron chi connectivity index (χ0n) is 7.90. The molecule has 2 N–H and O–H groups in total. The number of fused-ring (bicyclic) bond motifs is 3. The van der Waals surface area contributed by atoms with Crippen molar-refractivity contribution in [2.24, 2.45) is 17.3 Å². The van der Waals surface area contributed by atoms with Crippen molar-refractivity contribution < 1.29 is 19.8 Å². The highest BCUT2D eigenvalue weighted by atomic mass is 16.4. The Kier molecular flexibility index (Phi) is 2.01. The third kappa shape index (κ3) is 1.06. The molecule has 0 aromatic rings. The first-order chi connectivity index (χ1) is 6.57. The molecule has 3 aliphatic rings. The van der Waals surface area contributed by atoms with Crippen molar-refractivity contribution in [1.29, 1.82) is 0 Å². The van der Waals surface area contributed by atoms with Gasteiger partial charge in [-0.15, -0.1) is 0 Å². The van der Waals surface area contributed by atoms with Crippen LogP contribution in [0.2, 0.25) is 0 Å². The van der Waals surface area contributed by atoms with E-state index in [0.29, 0.717) is 12.3 Å². The second-order valence-corrected chi connectivity index (χ2v) is 4.50. The Morgan fingerprint density at radius 1 is 1.00 bits per heavy atom. The average Bonchev–Trinajstić information content (AvgIpc) is 2.18. The molecule has 2 bridgehead atoms. The van der Waals surface area contributed by atoms with Crippen molar-refractivity contribution in [3.05, 3.63) is 0 Å². The summed E-state index contributed by atoms with van der Waals surface area (Å²) in [6, 6.07) is 0. The molecule has 3 saturated carbocycles. The summed E-state index contributed by atoms with van der Waals surface area (Å²) in [6.07, 6.45) is 3.88. The van der Waals surface area contributed by atoms with Gasteiger partial charge in [0.2, 0.25) is 0 Å². The highest BCUT2D eigenvalue weighted by molar-refractivity contribution is 5.98. The fourth-order valence-electron chi connectivity index (χ4n) is 3.10. The van der Waals surface area contributed by atoms with Crippen molar-refractivity contribution in [3.63, 3.8) is 0 Å². The minimum atomic E-state index is -1.47. The van der Waals surface area contributed by atoms with Gasteiger partial charge in [0.25, 0.3) is 0 Å². The summed E-state index contributed by atoms with van der Waals surface area (Å²) in [6.45, 7) is 0. The van der Waals surface area contributed by atoms with Crippen LogP contribution in [0.4, 0.5) is 0 Å². The quantitative estimate of drug-likeness (QED) is 0.657. The molecule has 0 heterocycles. The van der Waals surface area contributed by atoms with E-state index in [1.165, 1.54) is 0 Å². The molecule has 0 atom stereocenters. The normalized spacial score (nSPS) is 34.0. The molecule has 4 heteroatoms. The average molecular weight is 198 g/mol. The highest BCUT2D eigenvalue weighted by Crippen LogP contribution is 2.52. The maximum atomic E-state index is 11.1. The first-order valence-corrected chi connectivity index (χ1v) is 5.04. The van der Waals surface area contributed by atoms with Crippen LogP contribution in [0.3, 0.4) is 0 Å². The summed E-state index contributed by atoms with van der Waals surface area (Å²) in [5.74, 6) is -2.12. The maximum Gasteiger partial charge on any atom is 0.321 e. The summed E-state index contributed by atoms with van der Waals surface area (Å²) < 4.78 is 0. The van der Waals surface area contributed by atoms with E-state index in [0.717, 1.165) is 25.7 Å². The number of carboxylic acid groups (broad SMARTS) is 2. The van der Waals surface area contributed by atoms with Gasteiger partial charge in [-0.3, -0.25) is 9.59 Å². The second kappa shape index (κ2) is 2.97. The lowest BCUT2D eigenvalue weighted by Crippen LogP contribution is -2.52. The zero-order valence-corrected chi connectivity index (χ0v) is 7.90. The van der Waals surface area contributed by atoms with Crippen LogP contribution in [0.5, 0.6) is 0 Å². The van der Waals surface area contributed by atoms with Crippen LogP contribution in [0.25, 0.3) is 0 Å². The van der Waals surface area contributed by atoms with E-state index in [2.05, 4.69) is 0 Å². The van der Waals surface area contributed by atoms with Crippen LogP contribution < -0.4 is 0 Å². The van der Waals surface area contributed by atoms with Crippen LogP contribution >= 0.6 is 0 Å². The fraction of sp³-hybridized carbons (Fsp3) is 0.800. The lowest BCUT2D eigenvalue weighted by atomic mass is 9.56. The van der Waals surface area contributed by atoms with E-state index in [1.807, 2.05) is 0 Å². The molecule has 0 radical (unpaired) electrons. The van der Waals surface area contributed by atoms with Gasteiger partial charge >= 0.3 is 11.9 Å². The zero-order chi connectivity index (χ0) is 10.3. The van der Waals surface area contributed by atoms with Gasteiger partial charge in [0.05, 0.1) is 0 Å². The van der Waals surface area contributed by atoms with Crippen molar-refractivity contribution in [1.82, 2.24) is 0 Å². The Balaban J connectivity index is 2.36. The Bertz CT molecular complexity index is 262. The largest absolute Gasteiger partial charge is 0.480 e. The van der Waals surface area contributed by atoms with Gasteiger partial charge < -0.3 is 10.2 Å². The van der Waals surface area contributed by atoms with Gasteiger partial charge in [0.15, 0.2) is 5.41 Å². The molecule has 0 unspecified atom stereocenters. The van der Waals surface area contributed by atoms with Gasteiger partial charge in [-0.25, -0.2) is 0 Å². The Hall–Kier alpha value is -1.06. The summed E-state index contributed by atoms with van der Waals surface area (Å²) in [5.41, 5.74) is -1.47. The smallest absolute Gasteiger partial charge is 0.321 e. The molecule has 14 heavy (non-hydrogen) atoms. The van der Waals surface area contributed by atoms with Crippen molar-refractivity contribution in [2.45, 2.75) is 32.1 Å². The van der Waals surface area contributed by atoms with Gasteiger partial charge in [-0.05, 0) is 31.1 Å². The second-order valence-electron chi connectivity index (χ2n) is 4.50. The first kappa shape index (κ1) is 9.49. The molecule has 0 saturated heterocycles. The first-order valence-electron chi connectivity index (χ1n) is 5.04. The lowest BCUT2D eigenvalue weighted by molar-refractivity contribution is -0.178. The Morgan fingerprint density at radius 3 is 1.71 bits per heavy atom. The summed E-state index contributed by atoms with van der Waals surface area (Å²) in [4.78, 5) is 22.3. The van der Waals surface area contributed by atoms with Crippen LogP contribution in [0, 0.1) is 17.3 Å². The molecule has 0 spiro atoms.